The lowest BCUT2D eigenvalue weighted by Gasteiger charge is -2.13. The maximum atomic E-state index is 4.89. The van der Waals surface area contributed by atoms with Gasteiger partial charge in [-0.1, -0.05) is 5.16 Å². The van der Waals surface area contributed by atoms with Gasteiger partial charge in [0.1, 0.15) is 0 Å². The Bertz CT molecular complexity index is 261. The molecule has 0 spiro atoms. The summed E-state index contributed by atoms with van der Waals surface area (Å²) in [6, 6.07) is 0. The van der Waals surface area contributed by atoms with Crippen molar-refractivity contribution >= 4 is 0 Å². The van der Waals surface area contributed by atoms with E-state index in [-0.39, 0.29) is 0 Å². The zero-order chi connectivity index (χ0) is 10.4. The molecule has 0 saturated carbocycles. The molecule has 80 valence electrons. The van der Waals surface area contributed by atoms with Crippen LogP contribution in [0.4, 0.5) is 0 Å². The van der Waals surface area contributed by atoms with Crippen LogP contribution in [0.15, 0.2) is 4.52 Å². The number of nitrogens with zero attached hydrogens (tertiary/aromatic N) is 3. The number of aryl methyl sites for hydroxylation is 1. The van der Waals surface area contributed by atoms with Gasteiger partial charge in [0.25, 0.3) is 0 Å². The van der Waals surface area contributed by atoms with E-state index < -0.39 is 0 Å². The average Bonchev–Trinajstić information content (AvgIpc) is 2.52. The van der Waals surface area contributed by atoms with Gasteiger partial charge in [0.05, 0.1) is 6.54 Å². The van der Waals surface area contributed by atoms with Crippen molar-refractivity contribution in [3.8, 4) is 0 Å². The average molecular weight is 198 g/mol. The lowest BCUT2D eigenvalue weighted by molar-refractivity contribution is 0.303. The fourth-order valence-corrected chi connectivity index (χ4v) is 1.25. The number of aromatic nitrogens is 2. The molecule has 0 radical (unpaired) electrons. The molecule has 0 aliphatic heterocycles. The zero-order valence-corrected chi connectivity index (χ0v) is 9.08. The molecule has 1 N–H and O–H groups in total. The molecule has 1 rings (SSSR count). The van der Waals surface area contributed by atoms with E-state index in [1.807, 2.05) is 7.05 Å². The molecule has 0 aliphatic rings. The van der Waals surface area contributed by atoms with Crippen LogP contribution >= 0.6 is 0 Å². The SMILES string of the molecule is CNCCCN(C)Cc1noc(C)n1. The van der Waals surface area contributed by atoms with E-state index in [0.29, 0.717) is 5.89 Å². The zero-order valence-electron chi connectivity index (χ0n) is 9.08. The fourth-order valence-electron chi connectivity index (χ4n) is 1.25. The highest BCUT2D eigenvalue weighted by Crippen LogP contribution is 1.99. The highest BCUT2D eigenvalue weighted by molar-refractivity contribution is 4.83. The molecule has 1 heterocycles. The third-order valence-corrected chi connectivity index (χ3v) is 1.95. The Morgan fingerprint density at radius 3 is 2.86 bits per heavy atom. The van der Waals surface area contributed by atoms with Crippen LogP contribution in [0, 0.1) is 6.92 Å². The summed E-state index contributed by atoms with van der Waals surface area (Å²) in [7, 11) is 4.02. The van der Waals surface area contributed by atoms with Crippen molar-refractivity contribution in [3.05, 3.63) is 11.7 Å². The van der Waals surface area contributed by atoms with E-state index in [1.54, 1.807) is 6.92 Å². The Balaban J connectivity index is 2.23. The van der Waals surface area contributed by atoms with E-state index >= 15 is 0 Å². The summed E-state index contributed by atoms with van der Waals surface area (Å²) in [4.78, 5) is 6.33. The highest BCUT2D eigenvalue weighted by atomic mass is 16.5. The summed E-state index contributed by atoms with van der Waals surface area (Å²) in [6.07, 6.45) is 1.13. The van der Waals surface area contributed by atoms with Gasteiger partial charge in [0.15, 0.2) is 5.82 Å². The molecule has 1 aromatic rings. The highest BCUT2D eigenvalue weighted by Gasteiger charge is 2.05. The summed E-state index contributed by atoms with van der Waals surface area (Å²) in [6.45, 7) is 4.63. The van der Waals surface area contributed by atoms with Crippen LogP contribution in [0.5, 0.6) is 0 Å². The molecule has 0 aromatic carbocycles. The summed E-state index contributed by atoms with van der Waals surface area (Å²) in [5, 5.41) is 6.96. The molecule has 0 fully saturated rings. The molecule has 5 nitrogen and oxygen atoms in total. The number of hydrogen-bond donors (Lipinski definition) is 1. The molecule has 0 bridgehead atoms. The summed E-state index contributed by atoms with van der Waals surface area (Å²) < 4.78 is 4.89. The Morgan fingerprint density at radius 2 is 2.29 bits per heavy atom. The Kier molecular flexibility index (Phi) is 4.55. The second-order valence-electron chi connectivity index (χ2n) is 3.42. The van der Waals surface area contributed by atoms with Crippen molar-refractivity contribution in [1.29, 1.82) is 0 Å². The first kappa shape index (κ1) is 11.1. The van der Waals surface area contributed by atoms with Gasteiger partial charge >= 0.3 is 0 Å². The van der Waals surface area contributed by atoms with Crippen molar-refractivity contribution in [2.24, 2.45) is 0 Å². The monoisotopic (exact) mass is 198 g/mol. The summed E-state index contributed by atoms with van der Waals surface area (Å²) >= 11 is 0. The predicted molar refractivity (Wildman–Crippen MR) is 53.9 cm³/mol. The molecular weight excluding hydrogens is 180 g/mol. The van der Waals surface area contributed by atoms with Gasteiger partial charge in [0.2, 0.25) is 5.89 Å². The number of hydrogen-bond acceptors (Lipinski definition) is 5. The van der Waals surface area contributed by atoms with Crippen LogP contribution in [0.1, 0.15) is 18.1 Å². The van der Waals surface area contributed by atoms with Crippen molar-refractivity contribution in [2.45, 2.75) is 19.9 Å². The maximum Gasteiger partial charge on any atom is 0.223 e. The first-order valence-electron chi connectivity index (χ1n) is 4.84. The van der Waals surface area contributed by atoms with Gasteiger partial charge in [-0.15, -0.1) is 0 Å². The second kappa shape index (κ2) is 5.72. The van der Waals surface area contributed by atoms with Crippen LogP contribution in [0.2, 0.25) is 0 Å². The standard InChI is InChI=1S/C9H18N4O/c1-8-11-9(12-14-8)7-13(3)6-4-5-10-2/h10H,4-7H2,1-3H3. The molecule has 0 unspecified atom stereocenters. The topological polar surface area (TPSA) is 54.2 Å². The van der Waals surface area contributed by atoms with E-state index in [4.69, 9.17) is 4.52 Å². The quantitative estimate of drug-likeness (QED) is 0.671. The predicted octanol–water partition coefficient (Wildman–Crippen LogP) is 0.419. The third kappa shape index (κ3) is 3.85. The van der Waals surface area contributed by atoms with E-state index in [2.05, 4.69) is 27.4 Å². The van der Waals surface area contributed by atoms with Gasteiger partial charge < -0.3 is 9.84 Å². The van der Waals surface area contributed by atoms with E-state index in [9.17, 15) is 0 Å². The Labute approximate surface area is 84.5 Å². The van der Waals surface area contributed by atoms with Gasteiger partial charge in [-0.3, -0.25) is 4.90 Å². The molecule has 0 saturated heterocycles. The van der Waals surface area contributed by atoms with Crippen LogP contribution in [0.25, 0.3) is 0 Å². The van der Waals surface area contributed by atoms with Crippen molar-refractivity contribution in [1.82, 2.24) is 20.4 Å². The number of nitrogens with one attached hydrogen (secondary N) is 1. The first-order valence-corrected chi connectivity index (χ1v) is 4.84. The van der Waals surface area contributed by atoms with E-state index in [0.717, 1.165) is 31.9 Å². The van der Waals surface area contributed by atoms with Crippen LogP contribution in [-0.2, 0) is 6.54 Å². The fraction of sp³-hybridized carbons (Fsp3) is 0.778. The Hall–Kier alpha value is -0.940. The van der Waals surface area contributed by atoms with Gasteiger partial charge in [-0.05, 0) is 33.6 Å². The lowest BCUT2D eigenvalue weighted by atomic mass is 10.4. The summed E-state index contributed by atoms with van der Waals surface area (Å²) in [5.74, 6) is 1.39. The largest absolute Gasteiger partial charge is 0.340 e. The van der Waals surface area contributed by atoms with Gasteiger partial charge in [-0.25, -0.2) is 0 Å². The minimum atomic E-state index is 0.628. The van der Waals surface area contributed by atoms with Gasteiger partial charge in [0, 0.05) is 6.92 Å². The first-order chi connectivity index (χ1) is 6.72. The molecular formula is C9H18N4O. The minimum Gasteiger partial charge on any atom is -0.340 e. The molecule has 14 heavy (non-hydrogen) atoms. The molecule has 5 heteroatoms. The minimum absolute atomic E-state index is 0.628. The summed E-state index contributed by atoms with van der Waals surface area (Å²) in [5.41, 5.74) is 0. The normalized spacial score (nSPS) is 11.1. The van der Waals surface area contributed by atoms with Crippen molar-refractivity contribution in [2.75, 3.05) is 27.2 Å². The van der Waals surface area contributed by atoms with Crippen molar-refractivity contribution in [3.63, 3.8) is 0 Å². The maximum absolute atomic E-state index is 4.89. The number of rotatable bonds is 6. The van der Waals surface area contributed by atoms with Crippen molar-refractivity contribution < 1.29 is 4.52 Å². The third-order valence-electron chi connectivity index (χ3n) is 1.95. The van der Waals surface area contributed by atoms with Crippen LogP contribution in [0.3, 0.4) is 0 Å². The molecule has 0 aliphatic carbocycles. The van der Waals surface area contributed by atoms with E-state index in [1.165, 1.54) is 0 Å². The van der Waals surface area contributed by atoms with Gasteiger partial charge in [-0.2, -0.15) is 4.98 Å². The van der Waals surface area contributed by atoms with Crippen LogP contribution in [-0.4, -0.2) is 42.2 Å². The molecule has 0 atom stereocenters. The second-order valence-corrected chi connectivity index (χ2v) is 3.42. The Morgan fingerprint density at radius 1 is 1.50 bits per heavy atom. The molecule has 0 amide bonds. The van der Waals surface area contributed by atoms with Crippen LogP contribution < -0.4 is 5.32 Å². The molecule has 1 aromatic heterocycles. The smallest absolute Gasteiger partial charge is 0.223 e. The lowest BCUT2D eigenvalue weighted by Crippen LogP contribution is -2.22.